The van der Waals surface area contributed by atoms with E-state index in [4.69, 9.17) is 0 Å². The van der Waals surface area contributed by atoms with Crippen LogP contribution in [0.4, 0.5) is 18.9 Å². The van der Waals surface area contributed by atoms with E-state index >= 15 is 0 Å². The lowest BCUT2D eigenvalue weighted by Gasteiger charge is -2.21. The molecule has 0 radical (unpaired) electrons. The smallest absolute Gasteiger partial charge is 0.377 e. The number of benzene rings is 1. The van der Waals surface area contributed by atoms with E-state index in [2.05, 4.69) is 5.32 Å². The third kappa shape index (κ3) is 3.54. The molecule has 2 rings (SSSR count). The van der Waals surface area contributed by atoms with Crippen molar-refractivity contribution in [3.05, 3.63) is 52.2 Å². The van der Waals surface area contributed by atoms with Crippen LogP contribution in [0, 0.1) is 0 Å². The van der Waals surface area contributed by atoms with Crippen LogP contribution in [0.25, 0.3) is 0 Å². The van der Waals surface area contributed by atoms with Gasteiger partial charge in [0, 0.05) is 10.6 Å². The zero-order chi connectivity index (χ0) is 14.6. The van der Waals surface area contributed by atoms with Gasteiger partial charge in [-0.3, -0.25) is 0 Å². The van der Waals surface area contributed by atoms with E-state index in [0.717, 1.165) is 23.8 Å². The van der Waals surface area contributed by atoms with E-state index in [0.29, 0.717) is 0 Å². The Morgan fingerprint density at radius 2 is 1.90 bits per heavy atom. The molecule has 2 aromatic rings. The van der Waals surface area contributed by atoms with Crippen LogP contribution < -0.4 is 5.32 Å². The molecule has 1 N–H and O–H groups in total. The summed E-state index contributed by atoms with van der Waals surface area (Å²) in [5.41, 5.74) is -0.468. The van der Waals surface area contributed by atoms with Crippen molar-refractivity contribution in [2.24, 2.45) is 0 Å². The van der Waals surface area contributed by atoms with Crippen LogP contribution in [0.2, 0.25) is 0 Å². The molecule has 0 saturated heterocycles. The number of para-hydroxylation sites is 1. The van der Waals surface area contributed by atoms with Crippen molar-refractivity contribution >= 4 is 17.0 Å². The Labute approximate surface area is 120 Å². The van der Waals surface area contributed by atoms with Crippen molar-refractivity contribution in [2.45, 2.75) is 32.0 Å². The van der Waals surface area contributed by atoms with Gasteiger partial charge in [0.05, 0.1) is 11.6 Å². The predicted molar refractivity (Wildman–Crippen MR) is 77.0 cm³/mol. The molecule has 1 unspecified atom stereocenters. The van der Waals surface area contributed by atoms with Gasteiger partial charge in [0.15, 0.2) is 0 Å². The molecule has 0 bridgehead atoms. The van der Waals surface area contributed by atoms with E-state index in [1.807, 2.05) is 24.4 Å². The zero-order valence-corrected chi connectivity index (χ0v) is 11.9. The molecule has 0 aliphatic heterocycles. The maximum absolute atomic E-state index is 13.0. The summed E-state index contributed by atoms with van der Waals surface area (Å²) in [6, 6.07) is 9.42. The summed E-state index contributed by atoms with van der Waals surface area (Å²) in [5.74, 6) is 0. The molecule has 5 heteroatoms. The number of hydrogen-bond acceptors (Lipinski definition) is 2. The number of thiophene rings is 1. The maximum atomic E-state index is 13.0. The van der Waals surface area contributed by atoms with E-state index < -0.39 is 11.7 Å². The second-order valence-corrected chi connectivity index (χ2v) is 5.52. The first kappa shape index (κ1) is 14.9. The number of rotatable bonds is 5. The first-order valence-corrected chi connectivity index (χ1v) is 7.36. The van der Waals surface area contributed by atoms with Crippen LogP contribution in [0.15, 0.2) is 41.8 Å². The largest absolute Gasteiger partial charge is 0.418 e. The molecule has 0 aliphatic rings. The van der Waals surface area contributed by atoms with Crippen LogP contribution >= 0.6 is 11.3 Å². The molecule has 1 aromatic carbocycles. The van der Waals surface area contributed by atoms with Crippen LogP contribution in [-0.2, 0) is 6.18 Å². The predicted octanol–water partition coefficient (Wildman–Crippen LogP) is 5.72. The number of halogens is 3. The lowest BCUT2D eigenvalue weighted by molar-refractivity contribution is -0.137. The Morgan fingerprint density at radius 3 is 2.50 bits per heavy atom. The second-order valence-electron chi connectivity index (χ2n) is 4.54. The molecule has 0 aliphatic carbocycles. The van der Waals surface area contributed by atoms with Crippen molar-refractivity contribution in [3.63, 3.8) is 0 Å². The molecular formula is C15H16F3NS. The van der Waals surface area contributed by atoms with Crippen molar-refractivity contribution < 1.29 is 13.2 Å². The van der Waals surface area contributed by atoms with Crippen molar-refractivity contribution in [2.75, 3.05) is 5.32 Å². The quantitative estimate of drug-likeness (QED) is 0.744. The number of nitrogens with one attached hydrogen (secondary N) is 1. The molecule has 0 fully saturated rings. The molecule has 1 aromatic heterocycles. The summed E-state index contributed by atoms with van der Waals surface area (Å²) in [4.78, 5) is 1.06. The number of anilines is 1. The average molecular weight is 299 g/mol. The van der Waals surface area contributed by atoms with E-state index in [1.54, 1.807) is 17.4 Å². The van der Waals surface area contributed by atoms with Gasteiger partial charge in [-0.25, -0.2) is 0 Å². The average Bonchev–Trinajstić information content (AvgIpc) is 2.91. The maximum Gasteiger partial charge on any atom is 0.418 e. The second kappa shape index (κ2) is 6.31. The standard InChI is InChI=1S/C15H16F3NS/c1-2-6-13(14-9-5-10-20-14)19-12-8-4-3-7-11(12)15(16,17)18/h3-5,7-10,13,19H,2,6H2,1H3. The van der Waals surface area contributed by atoms with Gasteiger partial charge >= 0.3 is 6.18 Å². The van der Waals surface area contributed by atoms with Crippen LogP contribution in [0.1, 0.15) is 36.2 Å². The minimum absolute atomic E-state index is 0.0801. The Bertz CT molecular complexity index is 534. The van der Waals surface area contributed by atoms with Crippen LogP contribution in [0.5, 0.6) is 0 Å². The molecule has 0 amide bonds. The summed E-state index contributed by atoms with van der Waals surface area (Å²) in [7, 11) is 0. The van der Waals surface area contributed by atoms with Gasteiger partial charge in [0.2, 0.25) is 0 Å². The van der Waals surface area contributed by atoms with Gasteiger partial charge < -0.3 is 5.32 Å². The minimum atomic E-state index is -4.34. The monoisotopic (exact) mass is 299 g/mol. The van der Waals surface area contributed by atoms with Gasteiger partial charge in [-0.05, 0) is 30.0 Å². The third-order valence-corrected chi connectivity index (χ3v) is 4.01. The summed E-state index contributed by atoms with van der Waals surface area (Å²) in [6.07, 6.45) is -2.63. The molecule has 1 nitrogen and oxygen atoms in total. The van der Waals surface area contributed by atoms with Crippen molar-refractivity contribution in [3.8, 4) is 0 Å². The fourth-order valence-electron chi connectivity index (χ4n) is 2.11. The summed E-state index contributed by atoms with van der Waals surface area (Å²) < 4.78 is 39.0. The van der Waals surface area contributed by atoms with Crippen molar-refractivity contribution in [1.82, 2.24) is 0 Å². The number of hydrogen-bond donors (Lipinski definition) is 1. The summed E-state index contributed by atoms with van der Waals surface area (Å²) >= 11 is 1.56. The Hall–Kier alpha value is -1.49. The molecule has 108 valence electrons. The third-order valence-electron chi connectivity index (χ3n) is 3.03. The molecule has 0 spiro atoms. The van der Waals surface area contributed by atoms with Crippen molar-refractivity contribution in [1.29, 1.82) is 0 Å². The first-order chi connectivity index (χ1) is 9.52. The van der Waals surface area contributed by atoms with Gasteiger partial charge in [0.1, 0.15) is 0 Å². The molecule has 1 heterocycles. The lowest BCUT2D eigenvalue weighted by Crippen LogP contribution is -2.14. The Balaban J connectivity index is 2.28. The highest BCUT2D eigenvalue weighted by molar-refractivity contribution is 7.10. The SMILES string of the molecule is CCCC(Nc1ccccc1C(F)(F)F)c1cccs1. The molecule has 0 saturated carbocycles. The topological polar surface area (TPSA) is 12.0 Å². The Kier molecular flexibility index (Phi) is 4.70. The summed E-state index contributed by atoms with van der Waals surface area (Å²) in [5, 5.41) is 4.99. The highest BCUT2D eigenvalue weighted by Gasteiger charge is 2.33. The van der Waals surface area contributed by atoms with Gasteiger partial charge in [-0.15, -0.1) is 11.3 Å². The molecule has 1 atom stereocenters. The molecule has 20 heavy (non-hydrogen) atoms. The molecular weight excluding hydrogens is 283 g/mol. The Morgan fingerprint density at radius 1 is 1.15 bits per heavy atom. The summed E-state index contributed by atoms with van der Waals surface area (Å²) in [6.45, 7) is 2.03. The first-order valence-electron chi connectivity index (χ1n) is 6.48. The van der Waals surface area contributed by atoms with Gasteiger partial charge in [-0.1, -0.05) is 31.5 Å². The number of alkyl halides is 3. The van der Waals surface area contributed by atoms with Crippen LogP contribution in [-0.4, -0.2) is 0 Å². The highest BCUT2D eigenvalue weighted by Crippen LogP contribution is 2.37. The van der Waals surface area contributed by atoms with E-state index in [-0.39, 0.29) is 11.7 Å². The van der Waals surface area contributed by atoms with E-state index in [9.17, 15) is 13.2 Å². The van der Waals surface area contributed by atoms with Crippen LogP contribution in [0.3, 0.4) is 0 Å². The normalized spacial score (nSPS) is 13.2. The fourth-order valence-corrected chi connectivity index (χ4v) is 2.92. The van der Waals surface area contributed by atoms with Gasteiger partial charge in [-0.2, -0.15) is 13.2 Å². The highest BCUT2D eigenvalue weighted by atomic mass is 32.1. The zero-order valence-electron chi connectivity index (χ0n) is 11.1. The minimum Gasteiger partial charge on any atom is -0.377 e. The lowest BCUT2D eigenvalue weighted by atomic mass is 10.1. The fraction of sp³-hybridized carbons (Fsp3) is 0.333. The van der Waals surface area contributed by atoms with E-state index in [1.165, 1.54) is 12.1 Å². The van der Waals surface area contributed by atoms with Gasteiger partial charge in [0.25, 0.3) is 0 Å².